The molecule has 134 valence electrons. The van der Waals surface area contributed by atoms with Gasteiger partial charge in [0.1, 0.15) is 5.82 Å². The topological polar surface area (TPSA) is 80.9 Å². The van der Waals surface area contributed by atoms with Crippen LogP contribution in [0.25, 0.3) is 10.9 Å². The zero-order valence-electron chi connectivity index (χ0n) is 14.2. The van der Waals surface area contributed by atoms with Crippen molar-refractivity contribution in [3.63, 3.8) is 0 Å². The van der Waals surface area contributed by atoms with Crippen LogP contribution in [0.3, 0.4) is 0 Å². The predicted molar refractivity (Wildman–Crippen MR) is 109 cm³/mol. The number of aliphatic imine (C=N–C) groups is 1. The van der Waals surface area contributed by atoms with Gasteiger partial charge in [-0.2, -0.15) is 5.10 Å². The van der Waals surface area contributed by atoms with Gasteiger partial charge in [0.25, 0.3) is 0 Å². The van der Waals surface area contributed by atoms with Gasteiger partial charge >= 0.3 is 0 Å². The van der Waals surface area contributed by atoms with Gasteiger partial charge in [0.2, 0.25) is 0 Å². The normalized spacial score (nSPS) is 11.4. The van der Waals surface area contributed by atoms with Gasteiger partial charge in [0.05, 0.1) is 6.20 Å². The number of guanidine groups is 1. The fourth-order valence-electron chi connectivity index (χ4n) is 2.63. The number of nitrogens with one attached hydrogen (secondary N) is 4. The van der Waals surface area contributed by atoms with Gasteiger partial charge in [-0.3, -0.25) is 10.1 Å². The number of benzene rings is 1. The van der Waals surface area contributed by atoms with E-state index in [9.17, 15) is 4.39 Å². The molecule has 0 aliphatic rings. The third kappa shape index (κ3) is 4.71. The van der Waals surface area contributed by atoms with E-state index >= 15 is 0 Å². The Labute approximate surface area is 162 Å². The van der Waals surface area contributed by atoms with Crippen LogP contribution in [0.2, 0.25) is 0 Å². The van der Waals surface area contributed by atoms with Crippen LogP contribution in [0.4, 0.5) is 4.39 Å². The molecule has 3 aromatic rings. The summed E-state index contributed by atoms with van der Waals surface area (Å²) in [5.41, 5.74) is 4.13. The Bertz CT molecular complexity index is 854. The van der Waals surface area contributed by atoms with Crippen molar-refractivity contribution in [3.8, 4) is 0 Å². The smallest absolute Gasteiger partial charge is 0.191 e. The molecule has 2 aromatic heterocycles. The minimum Gasteiger partial charge on any atom is -0.361 e. The van der Waals surface area contributed by atoms with Gasteiger partial charge in [-0.1, -0.05) is 0 Å². The van der Waals surface area contributed by atoms with Crippen molar-refractivity contribution >= 4 is 40.8 Å². The Morgan fingerprint density at radius 3 is 2.84 bits per heavy atom. The van der Waals surface area contributed by atoms with Crippen LogP contribution in [-0.2, 0) is 13.0 Å². The zero-order chi connectivity index (χ0) is 16.9. The van der Waals surface area contributed by atoms with Gasteiger partial charge in [-0.25, -0.2) is 4.39 Å². The van der Waals surface area contributed by atoms with E-state index in [2.05, 4.69) is 30.8 Å². The number of halogens is 2. The number of hydrogen-bond donors (Lipinski definition) is 4. The molecule has 0 saturated heterocycles. The van der Waals surface area contributed by atoms with Crippen molar-refractivity contribution in [2.24, 2.45) is 4.99 Å². The van der Waals surface area contributed by atoms with Gasteiger partial charge in [0, 0.05) is 48.5 Å². The molecule has 0 amide bonds. The minimum atomic E-state index is -0.229. The van der Waals surface area contributed by atoms with E-state index in [0.717, 1.165) is 46.6 Å². The first-order chi connectivity index (χ1) is 11.7. The number of nitrogens with zero attached hydrogens (tertiary/aromatic N) is 2. The van der Waals surface area contributed by atoms with Crippen molar-refractivity contribution in [1.82, 2.24) is 25.8 Å². The molecule has 0 spiro atoms. The molecule has 0 aliphatic heterocycles. The minimum absolute atomic E-state index is 0. The number of rotatable bonds is 5. The van der Waals surface area contributed by atoms with E-state index in [0.29, 0.717) is 6.54 Å². The number of H-pyrrole nitrogens is 2. The summed E-state index contributed by atoms with van der Waals surface area (Å²) in [5, 5.41) is 14.5. The van der Waals surface area contributed by atoms with Crippen LogP contribution in [0.15, 0.2) is 35.6 Å². The van der Waals surface area contributed by atoms with E-state index in [4.69, 9.17) is 0 Å². The summed E-state index contributed by atoms with van der Waals surface area (Å²) in [5.74, 6) is 0.509. The van der Waals surface area contributed by atoms with Crippen molar-refractivity contribution in [3.05, 3.63) is 53.2 Å². The lowest BCUT2D eigenvalue weighted by atomic mass is 10.1. The largest absolute Gasteiger partial charge is 0.361 e. The third-order valence-electron chi connectivity index (χ3n) is 4.02. The lowest BCUT2D eigenvalue weighted by Crippen LogP contribution is -2.37. The van der Waals surface area contributed by atoms with Gasteiger partial charge < -0.3 is 15.6 Å². The van der Waals surface area contributed by atoms with Crippen LogP contribution in [0.5, 0.6) is 0 Å². The Morgan fingerprint density at radius 1 is 1.28 bits per heavy atom. The predicted octanol–water partition coefficient (Wildman–Crippen LogP) is 2.86. The molecule has 6 nitrogen and oxygen atoms in total. The second-order valence-corrected chi connectivity index (χ2v) is 5.63. The number of aromatic nitrogens is 3. The first-order valence-corrected chi connectivity index (χ1v) is 7.86. The Morgan fingerprint density at radius 2 is 2.12 bits per heavy atom. The standard InChI is InChI=1S/C17H21FN6.HI/c1-11-13(10-23-24-11)9-22-17(19-2)20-6-5-12-8-21-16-7-14(18)3-4-15(12)16;/h3-4,7-8,10,21H,5-6,9H2,1-2H3,(H,23,24)(H2,19,20,22);1H. The molecule has 0 unspecified atom stereocenters. The first kappa shape index (κ1) is 19.2. The Balaban J connectivity index is 0.00000225. The molecule has 2 heterocycles. The van der Waals surface area contributed by atoms with E-state index in [1.165, 1.54) is 12.1 Å². The molecule has 4 N–H and O–H groups in total. The van der Waals surface area contributed by atoms with Crippen LogP contribution < -0.4 is 10.6 Å². The highest BCUT2D eigenvalue weighted by Crippen LogP contribution is 2.19. The van der Waals surface area contributed by atoms with Gasteiger partial charge in [-0.15, -0.1) is 24.0 Å². The average molecular weight is 456 g/mol. The number of hydrogen-bond acceptors (Lipinski definition) is 2. The van der Waals surface area contributed by atoms with Crippen molar-refractivity contribution in [2.45, 2.75) is 19.9 Å². The summed E-state index contributed by atoms with van der Waals surface area (Å²) >= 11 is 0. The highest BCUT2D eigenvalue weighted by molar-refractivity contribution is 14.0. The van der Waals surface area contributed by atoms with Crippen LogP contribution in [0, 0.1) is 12.7 Å². The molecule has 0 atom stereocenters. The maximum absolute atomic E-state index is 13.2. The summed E-state index contributed by atoms with van der Waals surface area (Å²) in [7, 11) is 1.74. The molecule has 0 radical (unpaired) electrons. The fraction of sp³-hybridized carbons (Fsp3) is 0.294. The summed E-state index contributed by atoms with van der Waals surface area (Å²) in [4.78, 5) is 7.32. The van der Waals surface area contributed by atoms with Crippen LogP contribution in [-0.4, -0.2) is 34.7 Å². The van der Waals surface area contributed by atoms with E-state index in [-0.39, 0.29) is 29.8 Å². The highest BCUT2D eigenvalue weighted by atomic mass is 127. The van der Waals surface area contributed by atoms with Crippen LogP contribution >= 0.6 is 24.0 Å². The Kier molecular flexibility index (Phi) is 6.80. The third-order valence-corrected chi connectivity index (χ3v) is 4.02. The van der Waals surface area contributed by atoms with Crippen LogP contribution in [0.1, 0.15) is 16.8 Å². The van der Waals surface area contributed by atoms with Crippen molar-refractivity contribution in [1.29, 1.82) is 0 Å². The van der Waals surface area contributed by atoms with Crippen molar-refractivity contribution < 1.29 is 4.39 Å². The molecule has 8 heteroatoms. The zero-order valence-corrected chi connectivity index (χ0v) is 16.5. The average Bonchev–Trinajstić information content (AvgIpc) is 3.16. The summed E-state index contributed by atoms with van der Waals surface area (Å²) in [6.45, 7) is 3.38. The van der Waals surface area contributed by atoms with Gasteiger partial charge in [0.15, 0.2) is 5.96 Å². The lowest BCUT2D eigenvalue weighted by Gasteiger charge is -2.11. The summed E-state index contributed by atoms with van der Waals surface area (Å²) < 4.78 is 13.2. The molecule has 25 heavy (non-hydrogen) atoms. The summed E-state index contributed by atoms with van der Waals surface area (Å²) in [6, 6.07) is 4.81. The molecule has 1 aromatic carbocycles. The quantitative estimate of drug-likeness (QED) is 0.271. The maximum atomic E-state index is 13.2. The molecule has 0 bridgehead atoms. The number of fused-ring (bicyclic) bond motifs is 1. The van der Waals surface area contributed by atoms with E-state index < -0.39 is 0 Å². The van der Waals surface area contributed by atoms with Crippen molar-refractivity contribution in [2.75, 3.05) is 13.6 Å². The second kappa shape index (κ2) is 8.84. The molecular weight excluding hydrogens is 434 g/mol. The monoisotopic (exact) mass is 456 g/mol. The SMILES string of the molecule is CN=C(NCCc1c[nH]c2cc(F)ccc12)NCc1cn[nH]c1C.I. The fourth-order valence-corrected chi connectivity index (χ4v) is 2.63. The highest BCUT2D eigenvalue weighted by Gasteiger charge is 2.06. The second-order valence-electron chi connectivity index (χ2n) is 5.63. The molecule has 3 rings (SSSR count). The first-order valence-electron chi connectivity index (χ1n) is 7.86. The molecule has 0 fully saturated rings. The number of aryl methyl sites for hydroxylation is 1. The summed E-state index contributed by atoms with van der Waals surface area (Å²) in [6.07, 6.45) is 4.55. The van der Waals surface area contributed by atoms with E-state index in [1.54, 1.807) is 13.2 Å². The van der Waals surface area contributed by atoms with Gasteiger partial charge in [-0.05, 0) is 37.1 Å². The molecule has 0 aliphatic carbocycles. The lowest BCUT2D eigenvalue weighted by molar-refractivity contribution is 0.629. The molecule has 0 saturated carbocycles. The molecular formula is C17H22FIN6. The van der Waals surface area contributed by atoms with E-state index in [1.807, 2.05) is 19.2 Å². The maximum Gasteiger partial charge on any atom is 0.191 e. The number of aromatic amines is 2. The Hall–Kier alpha value is -2.10.